The SMILES string of the molecule is Cc1nn(CC(O)CC(=O)O)c(C)c1Br. The lowest BCUT2D eigenvalue weighted by Gasteiger charge is -2.09. The van der Waals surface area contributed by atoms with Gasteiger partial charge in [0.2, 0.25) is 0 Å². The van der Waals surface area contributed by atoms with E-state index in [4.69, 9.17) is 5.11 Å². The standard InChI is InChI=1S/C9H13BrN2O3/c1-5-9(10)6(2)12(11-5)4-7(13)3-8(14)15/h7,13H,3-4H2,1-2H3,(H,14,15). The lowest BCUT2D eigenvalue weighted by Crippen LogP contribution is -2.21. The fourth-order valence-electron chi connectivity index (χ4n) is 1.32. The lowest BCUT2D eigenvalue weighted by molar-refractivity contribution is -0.139. The Balaban J connectivity index is 2.72. The summed E-state index contributed by atoms with van der Waals surface area (Å²) in [5.41, 5.74) is 1.71. The third kappa shape index (κ3) is 3.04. The molecule has 0 aliphatic rings. The lowest BCUT2D eigenvalue weighted by atomic mass is 10.2. The number of aliphatic carboxylic acids is 1. The quantitative estimate of drug-likeness (QED) is 0.864. The van der Waals surface area contributed by atoms with Gasteiger partial charge >= 0.3 is 5.97 Å². The number of halogens is 1. The Labute approximate surface area is 95.8 Å². The number of carboxylic acid groups (broad SMARTS) is 1. The molecule has 0 amide bonds. The summed E-state index contributed by atoms with van der Waals surface area (Å²) in [5, 5.41) is 22.1. The van der Waals surface area contributed by atoms with Gasteiger partial charge in [0, 0.05) is 5.69 Å². The average Bonchev–Trinajstić information content (AvgIpc) is 2.32. The second kappa shape index (κ2) is 4.76. The smallest absolute Gasteiger partial charge is 0.306 e. The van der Waals surface area contributed by atoms with Crippen molar-refractivity contribution in [1.29, 1.82) is 0 Å². The molecule has 1 atom stereocenters. The Hall–Kier alpha value is -0.880. The van der Waals surface area contributed by atoms with Gasteiger partial charge in [0.05, 0.1) is 29.2 Å². The van der Waals surface area contributed by atoms with Crippen molar-refractivity contribution in [2.45, 2.75) is 32.9 Å². The zero-order valence-corrected chi connectivity index (χ0v) is 10.2. The highest BCUT2D eigenvalue weighted by atomic mass is 79.9. The second-order valence-electron chi connectivity index (χ2n) is 3.42. The minimum absolute atomic E-state index is 0.199. The molecule has 1 unspecified atom stereocenters. The highest BCUT2D eigenvalue weighted by Crippen LogP contribution is 2.20. The van der Waals surface area contributed by atoms with E-state index in [1.54, 1.807) is 4.68 Å². The topological polar surface area (TPSA) is 75.3 Å². The summed E-state index contributed by atoms with van der Waals surface area (Å²) in [4.78, 5) is 10.4. The Bertz CT molecular complexity index is 376. The van der Waals surface area contributed by atoms with E-state index in [0.29, 0.717) is 0 Å². The maximum Gasteiger partial charge on any atom is 0.306 e. The fraction of sp³-hybridized carbons (Fsp3) is 0.556. The molecule has 5 nitrogen and oxygen atoms in total. The summed E-state index contributed by atoms with van der Waals surface area (Å²) >= 11 is 3.36. The van der Waals surface area contributed by atoms with Crippen LogP contribution >= 0.6 is 15.9 Å². The summed E-state index contributed by atoms with van der Waals surface area (Å²) in [7, 11) is 0. The maximum absolute atomic E-state index is 10.4. The third-order valence-electron chi connectivity index (χ3n) is 2.09. The first kappa shape index (κ1) is 12.2. The van der Waals surface area contributed by atoms with Crippen LogP contribution in [0.5, 0.6) is 0 Å². The molecule has 0 aliphatic heterocycles. The number of hydrogen-bond acceptors (Lipinski definition) is 3. The van der Waals surface area contributed by atoms with Crippen LogP contribution in [-0.4, -0.2) is 32.1 Å². The molecule has 0 saturated heterocycles. The van der Waals surface area contributed by atoms with Crippen LogP contribution in [0.3, 0.4) is 0 Å². The normalized spacial score (nSPS) is 12.8. The van der Waals surface area contributed by atoms with Crippen molar-refractivity contribution >= 4 is 21.9 Å². The Kier molecular flexibility index (Phi) is 3.87. The van der Waals surface area contributed by atoms with Crippen molar-refractivity contribution in [3.05, 3.63) is 15.9 Å². The molecule has 1 aromatic rings. The van der Waals surface area contributed by atoms with Crippen LogP contribution in [0.4, 0.5) is 0 Å². The molecule has 0 aromatic carbocycles. The van der Waals surface area contributed by atoms with E-state index in [2.05, 4.69) is 21.0 Å². The Morgan fingerprint density at radius 1 is 1.60 bits per heavy atom. The third-order valence-corrected chi connectivity index (χ3v) is 3.23. The van der Waals surface area contributed by atoms with Crippen molar-refractivity contribution in [3.8, 4) is 0 Å². The number of carboxylic acids is 1. The number of aliphatic hydroxyl groups is 1. The van der Waals surface area contributed by atoms with E-state index >= 15 is 0 Å². The van der Waals surface area contributed by atoms with E-state index in [9.17, 15) is 9.90 Å². The molecule has 15 heavy (non-hydrogen) atoms. The fourth-order valence-corrected chi connectivity index (χ4v) is 1.60. The van der Waals surface area contributed by atoms with Gasteiger partial charge in [-0.2, -0.15) is 5.10 Å². The molecule has 2 N–H and O–H groups in total. The average molecular weight is 277 g/mol. The van der Waals surface area contributed by atoms with Crippen LogP contribution in [0, 0.1) is 13.8 Å². The minimum atomic E-state index is -1.01. The van der Waals surface area contributed by atoms with Gasteiger partial charge in [0.25, 0.3) is 0 Å². The van der Waals surface area contributed by atoms with Gasteiger partial charge in [0.15, 0.2) is 0 Å². The summed E-state index contributed by atoms with van der Waals surface area (Å²) in [6.45, 7) is 3.90. The van der Waals surface area contributed by atoms with Gasteiger partial charge in [-0.05, 0) is 29.8 Å². The summed E-state index contributed by atoms with van der Waals surface area (Å²) in [6.07, 6.45) is -1.18. The van der Waals surface area contributed by atoms with E-state index < -0.39 is 12.1 Å². The molecule has 0 radical (unpaired) electrons. The number of aromatic nitrogens is 2. The zero-order chi connectivity index (χ0) is 11.6. The molecule has 0 fully saturated rings. The van der Waals surface area contributed by atoms with Crippen molar-refractivity contribution < 1.29 is 15.0 Å². The van der Waals surface area contributed by atoms with Gasteiger partial charge in [-0.25, -0.2) is 0 Å². The minimum Gasteiger partial charge on any atom is -0.481 e. The molecule has 1 rings (SSSR count). The van der Waals surface area contributed by atoms with Gasteiger partial charge in [-0.3, -0.25) is 9.48 Å². The first-order chi connectivity index (χ1) is 6.91. The zero-order valence-electron chi connectivity index (χ0n) is 8.57. The highest BCUT2D eigenvalue weighted by molar-refractivity contribution is 9.10. The number of aliphatic hydroxyl groups excluding tert-OH is 1. The van der Waals surface area contributed by atoms with Crippen molar-refractivity contribution in [2.75, 3.05) is 0 Å². The molecule has 1 aromatic heterocycles. The van der Waals surface area contributed by atoms with Crippen molar-refractivity contribution in [1.82, 2.24) is 9.78 Å². The molecule has 0 bridgehead atoms. The van der Waals surface area contributed by atoms with Gasteiger partial charge < -0.3 is 10.2 Å². The van der Waals surface area contributed by atoms with Crippen LogP contribution in [-0.2, 0) is 11.3 Å². The number of nitrogens with zero attached hydrogens (tertiary/aromatic N) is 2. The highest BCUT2D eigenvalue weighted by Gasteiger charge is 2.14. The number of hydrogen-bond donors (Lipinski definition) is 2. The van der Waals surface area contributed by atoms with E-state index in [1.807, 2.05) is 13.8 Å². The molecular formula is C9H13BrN2O3. The van der Waals surface area contributed by atoms with E-state index in [-0.39, 0.29) is 13.0 Å². The molecule has 0 spiro atoms. The van der Waals surface area contributed by atoms with Gasteiger partial charge in [-0.15, -0.1) is 0 Å². The number of aryl methyl sites for hydroxylation is 1. The van der Waals surface area contributed by atoms with Crippen molar-refractivity contribution in [3.63, 3.8) is 0 Å². The predicted octanol–water partition coefficient (Wildman–Crippen LogP) is 1.10. The van der Waals surface area contributed by atoms with Crippen LogP contribution in [0.15, 0.2) is 4.47 Å². The molecule has 0 saturated carbocycles. The summed E-state index contributed by atoms with van der Waals surface area (Å²) < 4.78 is 2.50. The van der Waals surface area contributed by atoms with E-state index in [0.717, 1.165) is 15.9 Å². The van der Waals surface area contributed by atoms with Gasteiger partial charge in [0.1, 0.15) is 0 Å². The molecule has 0 aliphatic carbocycles. The molecular weight excluding hydrogens is 264 g/mol. The van der Waals surface area contributed by atoms with Crippen LogP contribution in [0.25, 0.3) is 0 Å². The van der Waals surface area contributed by atoms with Gasteiger partial charge in [-0.1, -0.05) is 0 Å². The number of carbonyl (C=O) groups is 1. The predicted molar refractivity (Wildman–Crippen MR) is 57.7 cm³/mol. The first-order valence-corrected chi connectivity index (χ1v) is 5.30. The second-order valence-corrected chi connectivity index (χ2v) is 4.21. The molecule has 84 valence electrons. The molecule has 1 heterocycles. The maximum atomic E-state index is 10.4. The van der Waals surface area contributed by atoms with Crippen molar-refractivity contribution in [2.24, 2.45) is 0 Å². The van der Waals surface area contributed by atoms with Crippen LogP contribution < -0.4 is 0 Å². The number of rotatable bonds is 4. The van der Waals surface area contributed by atoms with E-state index in [1.165, 1.54) is 0 Å². The Morgan fingerprint density at radius 3 is 2.60 bits per heavy atom. The van der Waals surface area contributed by atoms with Crippen LogP contribution in [0.2, 0.25) is 0 Å². The van der Waals surface area contributed by atoms with Crippen LogP contribution in [0.1, 0.15) is 17.8 Å². The summed E-state index contributed by atoms with van der Waals surface area (Å²) in [5.74, 6) is -1.01. The first-order valence-electron chi connectivity index (χ1n) is 4.51. The largest absolute Gasteiger partial charge is 0.481 e. The Morgan fingerprint density at radius 2 is 2.20 bits per heavy atom. The monoisotopic (exact) mass is 276 g/mol. The summed E-state index contributed by atoms with van der Waals surface area (Å²) in [6, 6.07) is 0. The molecule has 6 heteroatoms.